The molecule has 0 aromatic carbocycles. The Kier molecular flexibility index (Phi) is 3.87. The first-order valence-corrected chi connectivity index (χ1v) is 3.62. The van der Waals surface area contributed by atoms with E-state index < -0.39 is 0 Å². The van der Waals surface area contributed by atoms with Crippen molar-refractivity contribution in [2.24, 2.45) is 11.8 Å². The molecule has 9 heavy (non-hydrogen) atoms. The van der Waals surface area contributed by atoms with E-state index in [1.54, 1.807) is 7.11 Å². The molecular weight excluding hydrogens is 112 g/mol. The van der Waals surface area contributed by atoms with Gasteiger partial charge in [-0.25, -0.2) is 0 Å². The molecule has 0 saturated heterocycles. The number of ether oxygens (including phenoxy) is 1. The molecule has 0 unspecified atom stereocenters. The van der Waals surface area contributed by atoms with Crippen molar-refractivity contribution in [3.8, 4) is 0 Å². The molecule has 0 heterocycles. The molecule has 1 heteroatoms. The number of methoxy groups -OCH3 is 1. The molecule has 0 spiro atoms. The number of hydrogen-bond acceptors (Lipinski definition) is 1. The Labute approximate surface area is 58.4 Å². The highest BCUT2D eigenvalue weighted by Gasteiger charge is 2.13. The van der Waals surface area contributed by atoms with Gasteiger partial charge in [-0.2, -0.15) is 0 Å². The van der Waals surface area contributed by atoms with E-state index in [2.05, 4.69) is 27.7 Å². The molecule has 0 aromatic rings. The predicted octanol–water partition coefficient (Wildman–Crippen LogP) is 2.31. The van der Waals surface area contributed by atoms with Crippen molar-refractivity contribution >= 4 is 0 Å². The van der Waals surface area contributed by atoms with Gasteiger partial charge in [0, 0.05) is 7.11 Å². The van der Waals surface area contributed by atoms with E-state index in [0.717, 1.165) is 5.92 Å². The van der Waals surface area contributed by atoms with Crippen LogP contribution in [0, 0.1) is 11.8 Å². The van der Waals surface area contributed by atoms with Crippen LogP contribution >= 0.6 is 0 Å². The molecule has 0 amide bonds. The van der Waals surface area contributed by atoms with E-state index in [9.17, 15) is 0 Å². The summed E-state index contributed by atoms with van der Waals surface area (Å²) in [5, 5.41) is 0. The lowest BCUT2D eigenvalue weighted by atomic mass is 9.93. The summed E-state index contributed by atoms with van der Waals surface area (Å²) in [6.07, 6.45) is 0.394. The van der Waals surface area contributed by atoms with E-state index in [-0.39, 0.29) is 0 Å². The van der Waals surface area contributed by atoms with Crippen LogP contribution in [-0.2, 0) is 4.74 Å². The van der Waals surface area contributed by atoms with Crippen LogP contribution in [-0.4, -0.2) is 13.2 Å². The van der Waals surface area contributed by atoms with Crippen molar-refractivity contribution in [1.29, 1.82) is 0 Å². The third-order valence-electron chi connectivity index (χ3n) is 2.16. The maximum atomic E-state index is 5.17. The van der Waals surface area contributed by atoms with Crippen molar-refractivity contribution in [2.45, 2.75) is 33.8 Å². The van der Waals surface area contributed by atoms with E-state index >= 15 is 0 Å². The highest BCUT2D eigenvalue weighted by molar-refractivity contribution is 4.63. The van der Waals surface area contributed by atoms with Crippen molar-refractivity contribution in [1.82, 2.24) is 0 Å². The second-order valence-corrected chi connectivity index (χ2v) is 3.04. The summed E-state index contributed by atoms with van der Waals surface area (Å²) in [6, 6.07) is 0. The van der Waals surface area contributed by atoms with Gasteiger partial charge < -0.3 is 4.74 Å². The Morgan fingerprint density at radius 1 is 1.00 bits per heavy atom. The maximum absolute atomic E-state index is 5.17. The zero-order chi connectivity index (χ0) is 7.44. The first-order valence-electron chi connectivity index (χ1n) is 3.62. The molecule has 0 N–H and O–H groups in total. The van der Waals surface area contributed by atoms with Gasteiger partial charge in [-0.3, -0.25) is 0 Å². The van der Waals surface area contributed by atoms with E-state index in [1.165, 1.54) is 0 Å². The molecule has 0 aromatic heterocycles. The van der Waals surface area contributed by atoms with Gasteiger partial charge in [0.05, 0.1) is 6.10 Å². The average Bonchev–Trinajstić information content (AvgIpc) is 1.84. The van der Waals surface area contributed by atoms with Crippen LogP contribution in [0.4, 0.5) is 0 Å². The van der Waals surface area contributed by atoms with Crippen LogP contribution < -0.4 is 0 Å². The number of rotatable bonds is 3. The minimum Gasteiger partial charge on any atom is -0.381 e. The lowest BCUT2D eigenvalue weighted by Crippen LogP contribution is -2.20. The molecule has 2 atom stereocenters. The van der Waals surface area contributed by atoms with Crippen LogP contribution in [0.2, 0.25) is 0 Å². The Hall–Kier alpha value is -0.0400. The zero-order valence-corrected chi connectivity index (χ0v) is 7.14. The molecule has 0 aliphatic heterocycles. The molecule has 0 radical (unpaired) electrons. The van der Waals surface area contributed by atoms with Crippen LogP contribution in [0.15, 0.2) is 0 Å². The molecule has 0 fully saturated rings. The maximum Gasteiger partial charge on any atom is 0.0571 e. The largest absolute Gasteiger partial charge is 0.381 e. The van der Waals surface area contributed by atoms with Crippen molar-refractivity contribution in [3.63, 3.8) is 0 Å². The molecule has 56 valence electrons. The molecule has 0 aliphatic rings. The van der Waals surface area contributed by atoms with Gasteiger partial charge >= 0.3 is 0 Å². The molecule has 0 saturated carbocycles. The van der Waals surface area contributed by atoms with Crippen LogP contribution in [0.3, 0.4) is 0 Å². The Morgan fingerprint density at radius 2 is 1.44 bits per heavy atom. The minimum absolute atomic E-state index is 0.394. The van der Waals surface area contributed by atoms with Gasteiger partial charge in [-0.05, 0) is 18.8 Å². The summed E-state index contributed by atoms with van der Waals surface area (Å²) in [6.45, 7) is 8.78. The van der Waals surface area contributed by atoms with Gasteiger partial charge in [0.1, 0.15) is 0 Å². The monoisotopic (exact) mass is 130 g/mol. The summed E-state index contributed by atoms with van der Waals surface area (Å²) in [5.41, 5.74) is 0. The lowest BCUT2D eigenvalue weighted by molar-refractivity contribution is 0.0556. The topological polar surface area (TPSA) is 9.23 Å². The second-order valence-electron chi connectivity index (χ2n) is 3.04. The van der Waals surface area contributed by atoms with Gasteiger partial charge in [0.2, 0.25) is 0 Å². The molecular formula is C8H18O. The van der Waals surface area contributed by atoms with E-state index in [0.29, 0.717) is 12.0 Å². The lowest BCUT2D eigenvalue weighted by Gasteiger charge is -2.21. The Bertz CT molecular complexity index is 69.0. The van der Waals surface area contributed by atoms with Gasteiger partial charge in [-0.15, -0.1) is 0 Å². The van der Waals surface area contributed by atoms with Crippen molar-refractivity contribution in [3.05, 3.63) is 0 Å². The molecule has 0 rings (SSSR count). The predicted molar refractivity (Wildman–Crippen MR) is 40.5 cm³/mol. The third-order valence-corrected chi connectivity index (χ3v) is 2.16. The van der Waals surface area contributed by atoms with Crippen molar-refractivity contribution < 1.29 is 4.74 Å². The fourth-order valence-corrected chi connectivity index (χ4v) is 0.757. The Morgan fingerprint density at radius 3 is 1.56 bits per heavy atom. The molecule has 1 nitrogen and oxygen atoms in total. The van der Waals surface area contributed by atoms with Gasteiger partial charge in [0.25, 0.3) is 0 Å². The van der Waals surface area contributed by atoms with Gasteiger partial charge in [-0.1, -0.05) is 20.8 Å². The fourth-order valence-electron chi connectivity index (χ4n) is 0.757. The summed E-state index contributed by atoms with van der Waals surface area (Å²) >= 11 is 0. The standard InChI is InChI=1S/C8H18O/c1-6(2)7(3)8(4)9-5/h6-8H,1-5H3/t7-,8+/m1/s1. The second kappa shape index (κ2) is 3.89. The smallest absolute Gasteiger partial charge is 0.0571 e. The average molecular weight is 130 g/mol. The summed E-state index contributed by atoms with van der Waals surface area (Å²) < 4.78 is 5.17. The quantitative estimate of drug-likeness (QED) is 0.569. The van der Waals surface area contributed by atoms with Crippen LogP contribution in [0.5, 0.6) is 0 Å². The first kappa shape index (κ1) is 8.96. The normalized spacial score (nSPS) is 18.0. The summed E-state index contributed by atoms with van der Waals surface area (Å²) in [7, 11) is 1.77. The summed E-state index contributed by atoms with van der Waals surface area (Å²) in [4.78, 5) is 0. The minimum atomic E-state index is 0.394. The Balaban J connectivity index is 3.58. The van der Waals surface area contributed by atoms with Crippen molar-refractivity contribution in [2.75, 3.05) is 7.11 Å². The van der Waals surface area contributed by atoms with Crippen LogP contribution in [0.25, 0.3) is 0 Å². The highest BCUT2D eigenvalue weighted by atomic mass is 16.5. The molecule has 0 bridgehead atoms. The van der Waals surface area contributed by atoms with Gasteiger partial charge in [0.15, 0.2) is 0 Å². The summed E-state index contributed by atoms with van der Waals surface area (Å²) in [5.74, 6) is 1.38. The van der Waals surface area contributed by atoms with E-state index in [4.69, 9.17) is 4.74 Å². The zero-order valence-electron chi connectivity index (χ0n) is 7.14. The first-order chi connectivity index (χ1) is 4.09. The molecule has 0 aliphatic carbocycles. The fraction of sp³-hybridized carbons (Fsp3) is 1.00. The van der Waals surface area contributed by atoms with Crippen LogP contribution in [0.1, 0.15) is 27.7 Å². The highest BCUT2D eigenvalue weighted by Crippen LogP contribution is 2.15. The number of hydrogen-bond donors (Lipinski definition) is 0. The third kappa shape index (κ3) is 2.85. The van der Waals surface area contributed by atoms with E-state index in [1.807, 2.05) is 0 Å². The SMILES string of the molecule is CO[C@@H](C)[C@H](C)C(C)C.